The number of ether oxygens (including phenoxy) is 2. The minimum absolute atomic E-state index is 0.0204. The summed E-state index contributed by atoms with van der Waals surface area (Å²) in [7, 11) is 0. The number of aliphatic hydroxyl groups excluding tert-OH is 1. The van der Waals surface area contributed by atoms with Crippen molar-refractivity contribution in [3.63, 3.8) is 0 Å². The van der Waals surface area contributed by atoms with Gasteiger partial charge in [-0.3, -0.25) is 0 Å². The normalized spacial score (nSPS) is 18.4. The highest BCUT2D eigenvalue weighted by atomic mass is 19.1. The van der Waals surface area contributed by atoms with Crippen molar-refractivity contribution in [1.82, 2.24) is 4.98 Å². The third-order valence-electron chi connectivity index (χ3n) is 4.69. The van der Waals surface area contributed by atoms with Crippen molar-refractivity contribution in [2.75, 3.05) is 13.2 Å². The second-order valence-electron chi connectivity index (χ2n) is 6.52. The van der Waals surface area contributed by atoms with E-state index in [0.29, 0.717) is 28.7 Å². The van der Waals surface area contributed by atoms with Gasteiger partial charge in [0.1, 0.15) is 11.9 Å². The number of hydrogen-bond acceptors (Lipinski definition) is 5. The van der Waals surface area contributed by atoms with Gasteiger partial charge in [0.15, 0.2) is 5.69 Å². The standard InChI is InChI=1S/C21H22FNO4/c1-4-13-6-7-14(17(22)9-13)15-10-18(21(25)26-5-2)23-20-16(15)8-12(3)19(11-24)27-20/h4,6-7,9-10,12,19,24H,1,5,8,11H2,2-3H3/t12-,19-/m1/s1. The molecule has 0 aliphatic carbocycles. The number of nitrogens with zero attached hydrogens (tertiary/aromatic N) is 1. The van der Waals surface area contributed by atoms with E-state index in [0.717, 1.165) is 0 Å². The lowest BCUT2D eigenvalue weighted by molar-refractivity contribution is 0.0491. The van der Waals surface area contributed by atoms with Gasteiger partial charge in [-0.05, 0) is 42.5 Å². The van der Waals surface area contributed by atoms with Gasteiger partial charge < -0.3 is 14.6 Å². The molecule has 1 N–H and O–H groups in total. The van der Waals surface area contributed by atoms with Gasteiger partial charge in [0.05, 0.1) is 13.2 Å². The molecule has 0 saturated carbocycles. The van der Waals surface area contributed by atoms with E-state index in [2.05, 4.69) is 11.6 Å². The van der Waals surface area contributed by atoms with Crippen molar-refractivity contribution in [1.29, 1.82) is 0 Å². The van der Waals surface area contributed by atoms with E-state index in [1.807, 2.05) is 6.92 Å². The Morgan fingerprint density at radius 2 is 2.22 bits per heavy atom. The van der Waals surface area contributed by atoms with Crippen molar-refractivity contribution in [3.8, 4) is 17.0 Å². The van der Waals surface area contributed by atoms with Gasteiger partial charge in [-0.25, -0.2) is 14.2 Å². The minimum atomic E-state index is -0.604. The highest BCUT2D eigenvalue weighted by molar-refractivity contribution is 5.90. The van der Waals surface area contributed by atoms with Crippen LogP contribution in [0.4, 0.5) is 4.39 Å². The number of esters is 1. The molecule has 27 heavy (non-hydrogen) atoms. The number of benzene rings is 1. The smallest absolute Gasteiger partial charge is 0.357 e. The van der Waals surface area contributed by atoms with E-state index in [1.54, 1.807) is 25.1 Å². The van der Waals surface area contributed by atoms with Crippen molar-refractivity contribution in [2.24, 2.45) is 5.92 Å². The molecule has 6 heteroatoms. The topological polar surface area (TPSA) is 68.7 Å². The number of aromatic nitrogens is 1. The molecule has 0 bridgehead atoms. The Morgan fingerprint density at radius 1 is 1.44 bits per heavy atom. The Morgan fingerprint density at radius 3 is 2.85 bits per heavy atom. The minimum Gasteiger partial charge on any atom is -0.471 e. The number of hydrogen-bond donors (Lipinski definition) is 1. The first-order chi connectivity index (χ1) is 13.0. The van der Waals surface area contributed by atoms with Gasteiger partial charge >= 0.3 is 5.97 Å². The van der Waals surface area contributed by atoms with Crippen LogP contribution in [0.15, 0.2) is 30.8 Å². The van der Waals surface area contributed by atoms with Crippen molar-refractivity contribution in [3.05, 3.63) is 53.5 Å². The van der Waals surface area contributed by atoms with Gasteiger partial charge in [-0.1, -0.05) is 31.7 Å². The predicted molar refractivity (Wildman–Crippen MR) is 100 cm³/mol. The molecular weight excluding hydrogens is 349 g/mol. The van der Waals surface area contributed by atoms with E-state index in [-0.39, 0.29) is 30.7 Å². The Bertz CT molecular complexity index is 881. The summed E-state index contributed by atoms with van der Waals surface area (Å²) >= 11 is 0. The zero-order valence-corrected chi connectivity index (χ0v) is 15.4. The molecule has 1 aliphatic rings. The van der Waals surface area contributed by atoms with Crippen LogP contribution in [0.25, 0.3) is 17.2 Å². The number of halogens is 1. The maximum absolute atomic E-state index is 14.7. The highest BCUT2D eigenvalue weighted by Gasteiger charge is 2.31. The molecule has 0 radical (unpaired) electrons. The lowest BCUT2D eigenvalue weighted by Gasteiger charge is -2.31. The van der Waals surface area contributed by atoms with Crippen LogP contribution in [0.2, 0.25) is 0 Å². The van der Waals surface area contributed by atoms with Crippen molar-refractivity contribution < 1.29 is 23.8 Å². The summed E-state index contributed by atoms with van der Waals surface area (Å²) in [6.07, 6.45) is 1.69. The Labute approximate surface area is 157 Å². The molecule has 2 atom stereocenters. The Kier molecular flexibility index (Phi) is 5.56. The van der Waals surface area contributed by atoms with Gasteiger partial charge in [-0.2, -0.15) is 0 Å². The van der Waals surface area contributed by atoms with Gasteiger partial charge in [-0.15, -0.1) is 0 Å². The van der Waals surface area contributed by atoms with Crippen LogP contribution in [0.1, 0.15) is 35.5 Å². The molecule has 0 unspecified atom stereocenters. The lowest BCUT2D eigenvalue weighted by Crippen LogP contribution is -2.35. The van der Waals surface area contributed by atoms with Crippen molar-refractivity contribution in [2.45, 2.75) is 26.4 Å². The fourth-order valence-corrected chi connectivity index (χ4v) is 3.20. The summed E-state index contributed by atoms with van der Waals surface area (Å²) < 4.78 is 25.6. The average Bonchev–Trinajstić information content (AvgIpc) is 2.67. The van der Waals surface area contributed by atoms with Gasteiger partial charge in [0.2, 0.25) is 5.88 Å². The van der Waals surface area contributed by atoms with Crippen LogP contribution in [0.3, 0.4) is 0 Å². The molecule has 2 heterocycles. The molecule has 2 aromatic rings. The third-order valence-corrected chi connectivity index (χ3v) is 4.69. The van der Waals surface area contributed by atoms with Gasteiger partial charge in [0, 0.05) is 11.1 Å². The first-order valence-corrected chi connectivity index (χ1v) is 8.89. The molecule has 0 amide bonds. The van der Waals surface area contributed by atoms with E-state index >= 15 is 0 Å². The average molecular weight is 371 g/mol. The number of aliphatic hydroxyl groups is 1. The third kappa shape index (κ3) is 3.71. The highest BCUT2D eigenvalue weighted by Crippen LogP contribution is 2.38. The molecule has 3 rings (SSSR count). The number of carbonyl (C=O) groups is 1. The SMILES string of the molecule is C=Cc1ccc(-c2cc(C(=O)OCC)nc3c2C[C@@H](C)[C@@H](CO)O3)c(F)c1. The van der Waals surface area contributed by atoms with E-state index in [9.17, 15) is 14.3 Å². The Hall–Kier alpha value is -2.73. The molecule has 1 aromatic heterocycles. The first-order valence-electron chi connectivity index (χ1n) is 8.89. The monoisotopic (exact) mass is 371 g/mol. The molecule has 1 aromatic carbocycles. The second-order valence-corrected chi connectivity index (χ2v) is 6.52. The van der Waals surface area contributed by atoms with Crippen LogP contribution < -0.4 is 4.74 Å². The number of rotatable bonds is 5. The predicted octanol–water partition coefficient (Wildman–Crippen LogP) is 3.64. The zero-order chi connectivity index (χ0) is 19.6. The summed E-state index contributed by atoms with van der Waals surface area (Å²) in [6.45, 7) is 7.33. The summed E-state index contributed by atoms with van der Waals surface area (Å²) in [5.74, 6) is -0.771. The largest absolute Gasteiger partial charge is 0.471 e. The van der Waals surface area contributed by atoms with Crippen LogP contribution >= 0.6 is 0 Å². The summed E-state index contributed by atoms with van der Waals surface area (Å²) in [6, 6.07) is 6.34. The van der Waals surface area contributed by atoms with Crippen LogP contribution in [-0.2, 0) is 11.2 Å². The molecule has 0 fully saturated rings. The molecule has 0 spiro atoms. The molecule has 1 aliphatic heterocycles. The van der Waals surface area contributed by atoms with E-state index in [1.165, 1.54) is 12.1 Å². The maximum atomic E-state index is 14.7. The van der Waals surface area contributed by atoms with Crippen LogP contribution in [0, 0.1) is 11.7 Å². The zero-order valence-electron chi connectivity index (χ0n) is 15.4. The molecular formula is C21H22FNO4. The quantitative estimate of drug-likeness (QED) is 0.813. The van der Waals surface area contributed by atoms with E-state index in [4.69, 9.17) is 9.47 Å². The summed E-state index contributed by atoms with van der Waals surface area (Å²) in [5.41, 5.74) is 2.31. The maximum Gasteiger partial charge on any atom is 0.357 e. The summed E-state index contributed by atoms with van der Waals surface area (Å²) in [4.78, 5) is 16.5. The molecule has 0 saturated heterocycles. The van der Waals surface area contributed by atoms with Crippen molar-refractivity contribution >= 4 is 12.0 Å². The lowest BCUT2D eigenvalue weighted by atomic mass is 9.88. The van der Waals surface area contributed by atoms with Crippen LogP contribution in [0.5, 0.6) is 5.88 Å². The fourth-order valence-electron chi connectivity index (χ4n) is 3.20. The number of carbonyl (C=O) groups excluding carboxylic acids is 1. The summed E-state index contributed by atoms with van der Waals surface area (Å²) in [5, 5.41) is 9.52. The van der Waals surface area contributed by atoms with E-state index < -0.39 is 17.9 Å². The number of fused-ring (bicyclic) bond motifs is 1. The second kappa shape index (κ2) is 7.88. The Balaban J connectivity index is 2.18. The van der Waals surface area contributed by atoms with Gasteiger partial charge in [0.25, 0.3) is 0 Å². The number of pyridine rings is 1. The van der Waals surface area contributed by atoms with Crippen LogP contribution in [-0.4, -0.2) is 35.4 Å². The fraction of sp³-hybridized carbons (Fsp3) is 0.333. The molecule has 142 valence electrons. The molecule has 5 nitrogen and oxygen atoms in total. The first kappa shape index (κ1) is 19.0.